The third-order valence-electron chi connectivity index (χ3n) is 3.25. The Bertz CT molecular complexity index is 704. The van der Waals surface area contributed by atoms with Gasteiger partial charge in [-0.1, -0.05) is 0 Å². The van der Waals surface area contributed by atoms with E-state index in [1.807, 2.05) is 0 Å². The lowest BCUT2D eigenvalue weighted by Crippen LogP contribution is -2.27. The van der Waals surface area contributed by atoms with Gasteiger partial charge in [-0.2, -0.15) is 9.40 Å². The second-order valence-corrected chi connectivity index (χ2v) is 6.77. The van der Waals surface area contributed by atoms with E-state index in [-0.39, 0.29) is 24.6 Å². The molecule has 7 nitrogen and oxygen atoms in total. The molecular formula is C13H19N3O4S. The third-order valence-corrected chi connectivity index (χ3v) is 5.31. The second-order valence-electron chi connectivity index (χ2n) is 4.79. The minimum atomic E-state index is -3.67. The lowest BCUT2D eigenvalue weighted by Gasteiger charge is -2.16. The Kier molecular flexibility index (Phi) is 4.50. The maximum atomic E-state index is 12.7. The van der Waals surface area contributed by atoms with Crippen LogP contribution >= 0.6 is 0 Å². The molecule has 0 atom stereocenters. The standard InChI is InChI=1S/C13H19N3O4S/c1-10-13(11(2)16(14-10)6-7-17)21(18,19)15(3)9-12-5-4-8-20-12/h4-5,8,17H,6-7,9H2,1-3H3. The molecule has 116 valence electrons. The molecule has 2 aromatic rings. The number of nitrogens with zero attached hydrogens (tertiary/aromatic N) is 3. The summed E-state index contributed by atoms with van der Waals surface area (Å²) in [5, 5.41) is 13.2. The predicted molar refractivity (Wildman–Crippen MR) is 76.1 cm³/mol. The smallest absolute Gasteiger partial charge is 0.246 e. The van der Waals surface area contributed by atoms with Crippen LogP contribution in [-0.4, -0.2) is 41.3 Å². The minimum Gasteiger partial charge on any atom is -0.468 e. The number of sulfonamides is 1. The van der Waals surface area contributed by atoms with Gasteiger partial charge >= 0.3 is 0 Å². The van der Waals surface area contributed by atoms with Gasteiger partial charge in [0.15, 0.2) is 0 Å². The second kappa shape index (κ2) is 6.00. The van der Waals surface area contributed by atoms with E-state index in [4.69, 9.17) is 9.52 Å². The van der Waals surface area contributed by atoms with E-state index in [9.17, 15) is 8.42 Å². The van der Waals surface area contributed by atoms with E-state index in [1.54, 1.807) is 26.0 Å². The molecule has 1 N–H and O–H groups in total. The summed E-state index contributed by atoms with van der Waals surface area (Å²) in [6, 6.07) is 3.44. The van der Waals surface area contributed by atoms with Crippen molar-refractivity contribution in [3.8, 4) is 0 Å². The normalized spacial score (nSPS) is 12.2. The van der Waals surface area contributed by atoms with E-state index in [2.05, 4.69) is 5.10 Å². The van der Waals surface area contributed by atoms with Crippen molar-refractivity contribution in [2.45, 2.75) is 31.8 Å². The molecule has 8 heteroatoms. The molecule has 0 saturated carbocycles. The Balaban J connectivity index is 2.35. The zero-order valence-electron chi connectivity index (χ0n) is 12.3. The highest BCUT2D eigenvalue weighted by atomic mass is 32.2. The van der Waals surface area contributed by atoms with Gasteiger partial charge in [-0.25, -0.2) is 8.42 Å². The lowest BCUT2D eigenvalue weighted by molar-refractivity contribution is 0.267. The molecule has 21 heavy (non-hydrogen) atoms. The molecule has 0 aromatic carbocycles. The van der Waals surface area contributed by atoms with Crippen LogP contribution < -0.4 is 0 Å². The van der Waals surface area contributed by atoms with Crippen LogP contribution in [0, 0.1) is 13.8 Å². The fourth-order valence-corrected chi connectivity index (χ4v) is 3.73. The zero-order valence-corrected chi connectivity index (χ0v) is 13.1. The zero-order chi connectivity index (χ0) is 15.6. The molecule has 0 saturated heterocycles. The first-order valence-electron chi connectivity index (χ1n) is 6.51. The highest BCUT2D eigenvalue weighted by Crippen LogP contribution is 2.23. The molecule has 0 bridgehead atoms. The molecule has 2 rings (SSSR count). The summed E-state index contributed by atoms with van der Waals surface area (Å²) in [5.41, 5.74) is 0.945. The Morgan fingerprint density at radius 3 is 2.71 bits per heavy atom. The first-order valence-corrected chi connectivity index (χ1v) is 7.95. The van der Waals surface area contributed by atoms with Crippen molar-refractivity contribution in [2.24, 2.45) is 0 Å². The third kappa shape index (κ3) is 3.02. The number of aliphatic hydroxyl groups excluding tert-OH is 1. The van der Waals surface area contributed by atoms with Gasteiger partial charge in [0.25, 0.3) is 0 Å². The highest BCUT2D eigenvalue weighted by molar-refractivity contribution is 7.89. The summed E-state index contributed by atoms with van der Waals surface area (Å²) in [6.45, 7) is 3.66. The molecule has 2 heterocycles. The molecular weight excluding hydrogens is 294 g/mol. The van der Waals surface area contributed by atoms with Crippen LogP contribution in [0.4, 0.5) is 0 Å². The SMILES string of the molecule is Cc1nn(CCO)c(C)c1S(=O)(=O)N(C)Cc1ccco1. The molecule has 0 fully saturated rings. The first kappa shape index (κ1) is 15.7. The molecule has 0 amide bonds. The minimum absolute atomic E-state index is 0.0936. The molecule has 0 radical (unpaired) electrons. The van der Waals surface area contributed by atoms with Crippen LogP contribution in [0.15, 0.2) is 27.7 Å². The summed E-state index contributed by atoms with van der Waals surface area (Å²) in [6.07, 6.45) is 1.51. The van der Waals surface area contributed by atoms with Gasteiger partial charge in [-0.05, 0) is 26.0 Å². The topological polar surface area (TPSA) is 88.6 Å². The number of hydrogen-bond acceptors (Lipinski definition) is 5. The fourth-order valence-electron chi connectivity index (χ4n) is 2.23. The number of aliphatic hydroxyl groups is 1. The van der Waals surface area contributed by atoms with Crippen molar-refractivity contribution in [3.63, 3.8) is 0 Å². The maximum Gasteiger partial charge on any atom is 0.246 e. The summed E-state index contributed by atoms with van der Waals surface area (Å²) in [4.78, 5) is 0.185. The monoisotopic (exact) mass is 313 g/mol. The van der Waals surface area contributed by atoms with E-state index < -0.39 is 10.0 Å². The van der Waals surface area contributed by atoms with Gasteiger partial charge in [0.2, 0.25) is 10.0 Å². The van der Waals surface area contributed by atoms with Crippen molar-refractivity contribution in [2.75, 3.05) is 13.7 Å². The van der Waals surface area contributed by atoms with Crippen molar-refractivity contribution >= 4 is 10.0 Å². The van der Waals surface area contributed by atoms with E-state index >= 15 is 0 Å². The Labute approximate surface area is 123 Å². The van der Waals surface area contributed by atoms with E-state index in [0.29, 0.717) is 17.1 Å². The van der Waals surface area contributed by atoms with Gasteiger partial charge in [0, 0.05) is 7.05 Å². The van der Waals surface area contributed by atoms with Crippen LogP contribution in [0.25, 0.3) is 0 Å². The Morgan fingerprint density at radius 1 is 1.43 bits per heavy atom. The van der Waals surface area contributed by atoms with Gasteiger partial charge < -0.3 is 9.52 Å². The fraction of sp³-hybridized carbons (Fsp3) is 0.462. The van der Waals surface area contributed by atoms with Gasteiger partial charge in [0.1, 0.15) is 10.7 Å². The summed E-state index contributed by atoms with van der Waals surface area (Å²) in [7, 11) is -2.17. The van der Waals surface area contributed by atoms with E-state index in [0.717, 1.165) is 0 Å². The molecule has 0 aliphatic heterocycles. The first-order chi connectivity index (χ1) is 9.87. The lowest BCUT2D eigenvalue weighted by atomic mass is 10.4. The number of hydrogen-bond donors (Lipinski definition) is 1. The predicted octanol–water partition coefficient (Wildman–Crippen LogP) is 0.906. The van der Waals surface area contributed by atoms with Gasteiger partial charge in [-0.15, -0.1) is 0 Å². The molecule has 0 spiro atoms. The Hall–Kier alpha value is -1.64. The van der Waals surface area contributed by atoms with Crippen LogP contribution in [0.2, 0.25) is 0 Å². The van der Waals surface area contributed by atoms with Crippen molar-refractivity contribution in [3.05, 3.63) is 35.5 Å². The summed E-state index contributed by atoms with van der Waals surface area (Å²) < 4.78 is 33.3. The Morgan fingerprint density at radius 2 is 2.14 bits per heavy atom. The summed E-state index contributed by atoms with van der Waals surface area (Å²) >= 11 is 0. The van der Waals surface area contributed by atoms with Crippen molar-refractivity contribution in [1.29, 1.82) is 0 Å². The largest absolute Gasteiger partial charge is 0.468 e. The van der Waals surface area contributed by atoms with Crippen LogP contribution in [0.3, 0.4) is 0 Å². The molecule has 2 aromatic heterocycles. The molecule has 0 unspecified atom stereocenters. The van der Waals surface area contributed by atoms with E-state index in [1.165, 1.54) is 22.3 Å². The van der Waals surface area contributed by atoms with Gasteiger partial charge in [-0.3, -0.25) is 4.68 Å². The number of furan rings is 1. The number of aromatic nitrogens is 2. The van der Waals surface area contributed by atoms with Crippen molar-refractivity contribution in [1.82, 2.24) is 14.1 Å². The highest BCUT2D eigenvalue weighted by Gasteiger charge is 2.29. The van der Waals surface area contributed by atoms with Crippen molar-refractivity contribution < 1.29 is 17.9 Å². The van der Waals surface area contributed by atoms with Crippen LogP contribution in [-0.2, 0) is 23.1 Å². The average Bonchev–Trinajstić information content (AvgIpc) is 2.99. The molecule has 0 aliphatic carbocycles. The summed E-state index contributed by atoms with van der Waals surface area (Å²) in [5.74, 6) is 0.569. The molecule has 0 aliphatic rings. The van der Waals surface area contributed by atoms with Crippen LogP contribution in [0.1, 0.15) is 17.1 Å². The van der Waals surface area contributed by atoms with Crippen LogP contribution in [0.5, 0.6) is 0 Å². The average molecular weight is 313 g/mol. The quantitative estimate of drug-likeness (QED) is 0.856. The number of rotatable bonds is 6. The number of aryl methyl sites for hydroxylation is 1. The van der Waals surface area contributed by atoms with Gasteiger partial charge in [0.05, 0.1) is 37.3 Å². The maximum absolute atomic E-state index is 12.7.